The molecule has 1 fully saturated rings. The first-order chi connectivity index (χ1) is 13.8. The Kier molecular flexibility index (Phi) is 6.44. The van der Waals surface area contributed by atoms with Crippen LogP contribution in [0.5, 0.6) is 5.75 Å². The first-order valence-electron chi connectivity index (χ1n) is 9.43. The summed E-state index contributed by atoms with van der Waals surface area (Å²) in [4.78, 5) is 14.4. The normalized spacial score (nSPS) is 16.4. The van der Waals surface area contributed by atoms with Crippen LogP contribution in [0.4, 0.5) is 5.69 Å². The molecule has 1 atom stereocenters. The molecule has 3 rings (SSSR count). The predicted octanol–water partition coefficient (Wildman–Crippen LogP) is 2.77. The smallest absolute Gasteiger partial charge is 0.264 e. The molecule has 7 nitrogen and oxygen atoms in total. The van der Waals surface area contributed by atoms with Crippen molar-refractivity contribution in [1.29, 1.82) is 0 Å². The van der Waals surface area contributed by atoms with E-state index in [-0.39, 0.29) is 16.9 Å². The summed E-state index contributed by atoms with van der Waals surface area (Å²) in [6, 6.07) is 12.8. The van der Waals surface area contributed by atoms with Gasteiger partial charge in [-0.15, -0.1) is 0 Å². The molecule has 0 N–H and O–H groups in total. The minimum absolute atomic E-state index is 0.0390. The van der Waals surface area contributed by atoms with E-state index in [1.165, 1.54) is 23.5 Å². The maximum atomic E-state index is 13.1. The van der Waals surface area contributed by atoms with Crippen LogP contribution < -0.4 is 9.04 Å². The molecule has 0 radical (unpaired) electrons. The minimum atomic E-state index is -3.82. The summed E-state index contributed by atoms with van der Waals surface area (Å²) in [7, 11) is 0.915. The molecule has 1 aliphatic rings. The zero-order valence-electron chi connectivity index (χ0n) is 16.9. The molecule has 0 spiro atoms. The number of carbonyl (C=O) groups excluding carboxylic acids is 1. The molecule has 29 heavy (non-hydrogen) atoms. The van der Waals surface area contributed by atoms with Gasteiger partial charge in [0.2, 0.25) is 0 Å². The van der Waals surface area contributed by atoms with Crippen molar-refractivity contribution >= 4 is 21.6 Å². The highest BCUT2D eigenvalue weighted by Crippen LogP contribution is 2.25. The Morgan fingerprint density at radius 1 is 1.17 bits per heavy atom. The topological polar surface area (TPSA) is 76.2 Å². The highest BCUT2D eigenvalue weighted by atomic mass is 32.2. The van der Waals surface area contributed by atoms with Gasteiger partial charge in [0, 0.05) is 32.8 Å². The molecular formula is C21H26N2O5S. The van der Waals surface area contributed by atoms with Crippen molar-refractivity contribution in [1.82, 2.24) is 4.90 Å². The first kappa shape index (κ1) is 21.1. The number of benzene rings is 2. The number of nitrogens with zero attached hydrogens (tertiary/aromatic N) is 2. The van der Waals surface area contributed by atoms with Gasteiger partial charge in [0.1, 0.15) is 5.75 Å². The lowest BCUT2D eigenvalue weighted by molar-refractivity contribution is 0.0587. The number of sulfonamides is 1. The van der Waals surface area contributed by atoms with E-state index in [4.69, 9.17) is 9.47 Å². The van der Waals surface area contributed by atoms with Crippen molar-refractivity contribution in [2.75, 3.05) is 38.7 Å². The highest BCUT2D eigenvalue weighted by Gasteiger charge is 2.24. The summed E-state index contributed by atoms with van der Waals surface area (Å²) >= 11 is 0. The Hall–Kier alpha value is -2.58. The molecule has 1 amide bonds. The summed E-state index contributed by atoms with van der Waals surface area (Å²) in [5.41, 5.74) is 0.827. The third-order valence-electron chi connectivity index (χ3n) is 5.02. The molecule has 0 bridgehead atoms. The zero-order valence-corrected chi connectivity index (χ0v) is 17.7. The monoisotopic (exact) mass is 418 g/mol. The average molecular weight is 419 g/mol. The van der Waals surface area contributed by atoms with E-state index < -0.39 is 10.0 Å². The first-order valence-corrected chi connectivity index (χ1v) is 10.9. The molecule has 1 unspecified atom stereocenters. The van der Waals surface area contributed by atoms with Crippen LogP contribution in [0.3, 0.4) is 0 Å². The lowest BCUT2D eigenvalue weighted by atomic mass is 10.2. The molecule has 2 aromatic rings. The number of amides is 1. The number of rotatable bonds is 7. The Morgan fingerprint density at radius 3 is 2.52 bits per heavy atom. The number of hydrogen-bond acceptors (Lipinski definition) is 5. The van der Waals surface area contributed by atoms with Gasteiger partial charge in [0.25, 0.3) is 15.9 Å². The quantitative estimate of drug-likeness (QED) is 0.691. The maximum absolute atomic E-state index is 13.1. The van der Waals surface area contributed by atoms with Gasteiger partial charge in [0.15, 0.2) is 0 Å². The fourth-order valence-electron chi connectivity index (χ4n) is 3.28. The lowest BCUT2D eigenvalue weighted by Gasteiger charge is -2.22. The van der Waals surface area contributed by atoms with Crippen molar-refractivity contribution in [3.63, 3.8) is 0 Å². The predicted molar refractivity (Wildman–Crippen MR) is 111 cm³/mol. The van der Waals surface area contributed by atoms with E-state index in [0.717, 1.165) is 19.4 Å². The van der Waals surface area contributed by atoms with Crippen LogP contribution in [-0.2, 0) is 14.8 Å². The molecule has 1 saturated heterocycles. The van der Waals surface area contributed by atoms with Gasteiger partial charge >= 0.3 is 0 Å². The van der Waals surface area contributed by atoms with E-state index >= 15 is 0 Å². The summed E-state index contributed by atoms with van der Waals surface area (Å²) in [6.45, 7) is 1.21. The van der Waals surface area contributed by atoms with Crippen LogP contribution >= 0.6 is 0 Å². The second-order valence-corrected chi connectivity index (χ2v) is 8.99. The van der Waals surface area contributed by atoms with Crippen LogP contribution in [0.1, 0.15) is 23.2 Å². The fraction of sp³-hybridized carbons (Fsp3) is 0.381. The van der Waals surface area contributed by atoms with Gasteiger partial charge in [-0.1, -0.05) is 6.07 Å². The highest BCUT2D eigenvalue weighted by molar-refractivity contribution is 7.92. The van der Waals surface area contributed by atoms with Crippen molar-refractivity contribution < 1.29 is 22.7 Å². The van der Waals surface area contributed by atoms with Gasteiger partial charge in [0.05, 0.1) is 23.8 Å². The Balaban J connectivity index is 1.80. The summed E-state index contributed by atoms with van der Waals surface area (Å²) in [6.07, 6.45) is 1.97. The molecular weight excluding hydrogens is 392 g/mol. The molecule has 0 aromatic heterocycles. The van der Waals surface area contributed by atoms with Crippen molar-refractivity contribution in [3.05, 3.63) is 54.1 Å². The summed E-state index contributed by atoms with van der Waals surface area (Å²) < 4.78 is 38.0. The fourth-order valence-corrected chi connectivity index (χ4v) is 4.52. The standard InChI is InChI=1S/C21H26N2O5S/c1-22(15-19-7-5-13-28-19)21(24)16-6-4-8-20(14-16)29(25,26)23(2)17-9-11-18(27-3)12-10-17/h4,6,8-12,14,19H,5,7,13,15H2,1-3H3. The van der Waals surface area contributed by atoms with Crippen molar-refractivity contribution in [2.45, 2.75) is 23.8 Å². The summed E-state index contributed by atoms with van der Waals surface area (Å²) in [5, 5.41) is 0. The molecule has 1 aliphatic heterocycles. The van der Waals surface area contributed by atoms with Gasteiger partial charge in [-0.25, -0.2) is 8.42 Å². The third-order valence-corrected chi connectivity index (χ3v) is 6.81. The number of likely N-dealkylation sites (N-methyl/N-ethyl adjacent to an activating group) is 1. The number of ether oxygens (including phenoxy) is 2. The molecule has 0 aliphatic carbocycles. The van der Waals surface area contributed by atoms with Crippen LogP contribution in [0.15, 0.2) is 53.4 Å². The van der Waals surface area contributed by atoms with Gasteiger partial charge < -0.3 is 14.4 Å². The molecule has 2 aromatic carbocycles. The second-order valence-electron chi connectivity index (χ2n) is 7.02. The average Bonchev–Trinajstić information content (AvgIpc) is 3.25. The largest absolute Gasteiger partial charge is 0.497 e. The molecule has 156 valence electrons. The van der Waals surface area contributed by atoms with E-state index in [2.05, 4.69) is 0 Å². The molecule has 1 heterocycles. The Bertz CT molecular complexity index is 953. The second kappa shape index (κ2) is 8.84. The van der Waals surface area contributed by atoms with E-state index in [1.54, 1.807) is 55.5 Å². The van der Waals surface area contributed by atoms with Gasteiger partial charge in [-0.3, -0.25) is 9.10 Å². The lowest BCUT2D eigenvalue weighted by Crippen LogP contribution is -2.34. The van der Waals surface area contributed by atoms with Gasteiger partial charge in [-0.2, -0.15) is 0 Å². The van der Waals surface area contributed by atoms with Crippen LogP contribution in [-0.4, -0.2) is 59.7 Å². The van der Waals surface area contributed by atoms with Gasteiger partial charge in [-0.05, 0) is 55.3 Å². The van der Waals surface area contributed by atoms with E-state index in [0.29, 0.717) is 23.5 Å². The summed E-state index contributed by atoms with van der Waals surface area (Å²) in [5.74, 6) is 0.408. The number of anilines is 1. The van der Waals surface area contributed by atoms with E-state index in [1.807, 2.05) is 0 Å². The van der Waals surface area contributed by atoms with Crippen LogP contribution in [0.25, 0.3) is 0 Å². The van der Waals surface area contributed by atoms with Crippen LogP contribution in [0.2, 0.25) is 0 Å². The Labute approximate surface area is 171 Å². The zero-order chi connectivity index (χ0) is 21.0. The number of methoxy groups -OCH3 is 1. The number of hydrogen-bond donors (Lipinski definition) is 0. The molecule has 8 heteroatoms. The van der Waals surface area contributed by atoms with E-state index in [9.17, 15) is 13.2 Å². The maximum Gasteiger partial charge on any atom is 0.264 e. The minimum Gasteiger partial charge on any atom is -0.497 e. The third kappa shape index (κ3) is 4.71. The molecule has 0 saturated carbocycles. The Morgan fingerprint density at radius 2 is 1.90 bits per heavy atom. The van der Waals surface area contributed by atoms with Crippen molar-refractivity contribution in [3.8, 4) is 5.75 Å². The number of carbonyl (C=O) groups is 1. The SMILES string of the molecule is COc1ccc(N(C)S(=O)(=O)c2cccc(C(=O)N(C)CC3CCCO3)c2)cc1. The van der Waals surface area contributed by atoms with Crippen LogP contribution in [0, 0.1) is 0 Å². The van der Waals surface area contributed by atoms with Crippen molar-refractivity contribution in [2.24, 2.45) is 0 Å².